The van der Waals surface area contributed by atoms with E-state index in [0.29, 0.717) is 0 Å². The molecule has 1 aromatic heterocycles. The Balaban J connectivity index is 2.21. The van der Waals surface area contributed by atoms with Gasteiger partial charge < -0.3 is 9.88 Å². The number of hydrogen-bond acceptors (Lipinski definition) is 2. The van der Waals surface area contributed by atoms with E-state index < -0.39 is 0 Å². The van der Waals surface area contributed by atoms with E-state index in [1.54, 1.807) is 0 Å². The zero-order valence-corrected chi connectivity index (χ0v) is 9.51. The number of nitrogens with one attached hydrogen (secondary N) is 1. The van der Waals surface area contributed by atoms with Crippen LogP contribution in [0, 0.1) is 13.8 Å². The van der Waals surface area contributed by atoms with Crippen LogP contribution in [0.15, 0.2) is 6.33 Å². The van der Waals surface area contributed by atoms with Crippen molar-refractivity contribution in [2.45, 2.75) is 40.2 Å². The maximum absolute atomic E-state index is 4.28. The van der Waals surface area contributed by atoms with Gasteiger partial charge in [0.25, 0.3) is 0 Å². The lowest BCUT2D eigenvalue weighted by Gasteiger charge is -2.05. The Kier molecular flexibility index (Phi) is 4.66. The quantitative estimate of drug-likeness (QED) is 0.702. The lowest BCUT2D eigenvalue weighted by Crippen LogP contribution is -2.14. The lowest BCUT2D eigenvalue weighted by molar-refractivity contribution is 0.570. The molecule has 0 aliphatic rings. The van der Waals surface area contributed by atoms with Gasteiger partial charge >= 0.3 is 0 Å². The second-order valence-electron chi connectivity index (χ2n) is 3.67. The van der Waals surface area contributed by atoms with E-state index in [2.05, 4.69) is 35.6 Å². The van der Waals surface area contributed by atoms with Gasteiger partial charge in [0.15, 0.2) is 0 Å². The monoisotopic (exact) mass is 195 g/mol. The van der Waals surface area contributed by atoms with Crippen LogP contribution in [0.5, 0.6) is 0 Å². The summed E-state index contributed by atoms with van der Waals surface area (Å²) in [5.41, 5.74) is 2.45. The summed E-state index contributed by atoms with van der Waals surface area (Å²) < 4.78 is 2.24. The minimum Gasteiger partial charge on any atom is -0.335 e. The highest BCUT2D eigenvalue weighted by molar-refractivity contribution is 5.08. The smallest absolute Gasteiger partial charge is 0.0951 e. The molecule has 0 radical (unpaired) electrons. The van der Waals surface area contributed by atoms with Crippen LogP contribution in [-0.4, -0.2) is 22.6 Å². The topological polar surface area (TPSA) is 29.9 Å². The number of rotatable bonds is 6. The van der Waals surface area contributed by atoms with Gasteiger partial charge in [-0.3, -0.25) is 0 Å². The third-order valence-electron chi connectivity index (χ3n) is 2.60. The summed E-state index contributed by atoms with van der Waals surface area (Å²) in [6.07, 6.45) is 4.41. The van der Waals surface area contributed by atoms with Crippen LogP contribution in [-0.2, 0) is 6.54 Å². The molecule has 0 spiro atoms. The summed E-state index contributed by atoms with van der Waals surface area (Å²) in [5.74, 6) is 0. The third kappa shape index (κ3) is 3.14. The molecule has 0 bridgehead atoms. The molecule has 1 aromatic rings. The summed E-state index contributed by atoms with van der Waals surface area (Å²) in [5, 5.41) is 3.33. The van der Waals surface area contributed by atoms with Crippen molar-refractivity contribution in [2.24, 2.45) is 0 Å². The molecule has 1 rings (SSSR count). The highest BCUT2D eigenvalue weighted by atomic mass is 15.0. The van der Waals surface area contributed by atoms with Crippen molar-refractivity contribution >= 4 is 0 Å². The first kappa shape index (κ1) is 11.2. The van der Waals surface area contributed by atoms with Crippen LogP contribution in [0.3, 0.4) is 0 Å². The number of aromatic nitrogens is 2. The Morgan fingerprint density at radius 3 is 2.71 bits per heavy atom. The van der Waals surface area contributed by atoms with Crippen LogP contribution in [0.2, 0.25) is 0 Å². The normalized spacial score (nSPS) is 10.8. The first-order valence-corrected chi connectivity index (χ1v) is 5.44. The predicted octanol–water partition coefficient (Wildman–Crippen LogP) is 1.89. The minimum absolute atomic E-state index is 1.07. The number of hydrogen-bond donors (Lipinski definition) is 1. The van der Waals surface area contributed by atoms with E-state index in [1.807, 2.05) is 6.33 Å². The van der Waals surface area contributed by atoms with Crippen molar-refractivity contribution < 1.29 is 0 Å². The third-order valence-corrected chi connectivity index (χ3v) is 2.60. The number of imidazole rings is 1. The fourth-order valence-corrected chi connectivity index (χ4v) is 1.48. The molecule has 0 amide bonds. The molecule has 0 aromatic carbocycles. The highest BCUT2D eigenvalue weighted by Gasteiger charge is 2.00. The van der Waals surface area contributed by atoms with E-state index in [0.717, 1.165) is 25.3 Å². The van der Waals surface area contributed by atoms with Gasteiger partial charge in [0.2, 0.25) is 0 Å². The van der Waals surface area contributed by atoms with Crippen molar-refractivity contribution in [2.75, 3.05) is 13.1 Å². The Labute approximate surface area is 86.5 Å². The minimum atomic E-state index is 1.07. The number of aryl methyl sites for hydroxylation is 2. The Morgan fingerprint density at radius 2 is 2.14 bits per heavy atom. The average molecular weight is 195 g/mol. The molecule has 0 atom stereocenters. The number of unbranched alkanes of at least 4 members (excludes halogenated alkanes) is 1. The molecule has 0 aliphatic carbocycles. The van der Waals surface area contributed by atoms with Gasteiger partial charge in [0, 0.05) is 12.2 Å². The molecule has 14 heavy (non-hydrogen) atoms. The molecule has 1 N–H and O–H groups in total. The van der Waals surface area contributed by atoms with Crippen molar-refractivity contribution in [1.82, 2.24) is 14.9 Å². The van der Waals surface area contributed by atoms with E-state index in [-0.39, 0.29) is 0 Å². The predicted molar refractivity (Wildman–Crippen MR) is 59.5 cm³/mol. The van der Waals surface area contributed by atoms with Gasteiger partial charge in [0.1, 0.15) is 0 Å². The average Bonchev–Trinajstić information content (AvgIpc) is 2.49. The van der Waals surface area contributed by atoms with Gasteiger partial charge in [-0.15, -0.1) is 0 Å². The molecular weight excluding hydrogens is 174 g/mol. The highest BCUT2D eigenvalue weighted by Crippen LogP contribution is 2.05. The molecule has 0 unspecified atom stereocenters. The Morgan fingerprint density at radius 1 is 1.36 bits per heavy atom. The fraction of sp³-hybridized carbons (Fsp3) is 0.727. The van der Waals surface area contributed by atoms with E-state index in [9.17, 15) is 0 Å². The van der Waals surface area contributed by atoms with Gasteiger partial charge in [-0.05, 0) is 39.8 Å². The molecule has 0 saturated heterocycles. The lowest BCUT2D eigenvalue weighted by atomic mass is 10.3. The van der Waals surface area contributed by atoms with Crippen LogP contribution in [0.25, 0.3) is 0 Å². The van der Waals surface area contributed by atoms with Gasteiger partial charge in [-0.2, -0.15) is 0 Å². The zero-order valence-electron chi connectivity index (χ0n) is 9.51. The van der Waals surface area contributed by atoms with Crippen LogP contribution in [0.1, 0.15) is 31.2 Å². The van der Waals surface area contributed by atoms with Crippen molar-refractivity contribution in [3.63, 3.8) is 0 Å². The fourth-order valence-electron chi connectivity index (χ4n) is 1.48. The van der Waals surface area contributed by atoms with Gasteiger partial charge in [0.05, 0.1) is 12.0 Å². The summed E-state index contributed by atoms with van der Waals surface area (Å²) in [6.45, 7) is 9.63. The molecule has 3 heteroatoms. The van der Waals surface area contributed by atoms with Crippen molar-refractivity contribution in [3.8, 4) is 0 Å². The first-order valence-electron chi connectivity index (χ1n) is 5.44. The largest absolute Gasteiger partial charge is 0.335 e. The van der Waals surface area contributed by atoms with E-state index in [1.165, 1.54) is 18.5 Å². The standard InChI is InChI=1S/C11H21N3/c1-4-12-7-5-6-8-14-9-13-10(2)11(14)3/h9,12H,4-8H2,1-3H3. The van der Waals surface area contributed by atoms with Gasteiger partial charge in [-0.25, -0.2) is 4.98 Å². The molecule has 0 saturated carbocycles. The molecular formula is C11H21N3. The molecule has 3 nitrogen and oxygen atoms in total. The molecule has 1 heterocycles. The second-order valence-corrected chi connectivity index (χ2v) is 3.67. The van der Waals surface area contributed by atoms with Crippen molar-refractivity contribution in [1.29, 1.82) is 0 Å². The van der Waals surface area contributed by atoms with E-state index >= 15 is 0 Å². The summed E-state index contributed by atoms with van der Waals surface area (Å²) in [6, 6.07) is 0. The van der Waals surface area contributed by atoms with Crippen LogP contribution in [0.4, 0.5) is 0 Å². The van der Waals surface area contributed by atoms with Crippen molar-refractivity contribution in [3.05, 3.63) is 17.7 Å². The van der Waals surface area contributed by atoms with Crippen LogP contribution < -0.4 is 5.32 Å². The van der Waals surface area contributed by atoms with Gasteiger partial charge in [-0.1, -0.05) is 6.92 Å². The molecule has 0 fully saturated rings. The zero-order chi connectivity index (χ0) is 10.4. The first-order chi connectivity index (χ1) is 6.75. The number of nitrogens with zero attached hydrogens (tertiary/aromatic N) is 2. The maximum Gasteiger partial charge on any atom is 0.0951 e. The summed E-state index contributed by atoms with van der Waals surface area (Å²) >= 11 is 0. The maximum atomic E-state index is 4.28. The summed E-state index contributed by atoms with van der Waals surface area (Å²) in [4.78, 5) is 4.28. The summed E-state index contributed by atoms with van der Waals surface area (Å²) in [7, 11) is 0. The Bertz CT molecular complexity index is 265. The molecule has 80 valence electrons. The Hall–Kier alpha value is -0.830. The molecule has 0 aliphatic heterocycles. The van der Waals surface area contributed by atoms with Crippen LogP contribution >= 0.6 is 0 Å². The second kappa shape index (κ2) is 5.81. The SMILES string of the molecule is CCNCCCCn1cnc(C)c1C. The van der Waals surface area contributed by atoms with E-state index in [4.69, 9.17) is 0 Å².